The summed E-state index contributed by atoms with van der Waals surface area (Å²) in [5.41, 5.74) is 0.910. The Hall–Kier alpha value is -1.39. The fourth-order valence-electron chi connectivity index (χ4n) is 2.01. The first kappa shape index (κ1) is 15.5. The van der Waals surface area contributed by atoms with Crippen LogP contribution < -0.4 is 20.2 Å². The average Bonchev–Trinajstić information content (AvgIpc) is 3.11. The Kier molecular flexibility index (Phi) is 3.57. The van der Waals surface area contributed by atoms with E-state index in [1.165, 1.54) is 6.07 Å². The van der Waals surface area contributed by atoms with Crippen LogP contribution >= 0.6 is 11.6 Å². The Morgan fingerprint density at radius 3 is 2.64 bits per heavy atom. The molecule has 0 radical (unpaired) electrons. The van der Waals surface area contributed by atoms with Gasteiger partial charge >= 0.3 is 15.6 Å². The number of hydrogen-bond acceptors (Lipinski definition) is 6. The molecule has 1 aromatic carbocycles. The van der Waals surface area contributed by atoms with Crippen LogP contribution in [0.4, 0.5) is 24.5 Å². The lowest BCUT2D eigenvalue weighted by molar-refractivity contribution is -0.0500. The Morgan fingerprint density at radius 2 is 2.05 bits per heavy atom. The van der Waals surface area contributed by atoms with E-state index in [-0.39, 0.29) is 10.7 Å². The summed E-state index contributed by atoms with van der Waals surface area (Å²) < 4.78 is 63.2. The second-order valence-corrected chi connectivity index (χ2v) is 6.96. The fourth-order valence-corrected chi connectivity index (χ4v) is 2.77. The molecule has 11 heteroatoms. The van der Waals surface area contributed by atoms with E-state index in [2.05, 4.69) is 15.1 Å². The van der Waals surface area contributed by atoms with E-state index in [0.29, 0.717) is 11.6 Å². The van der Waals surface area contributed by atoms with Crippen molar-refractivity contribution in [2.75, 3.05) is 17.0 Å². The molecule has 1 saturated carbocycles. The molecule has 0 amide bonds. The quantitative estimate of drug-likeness (QED) is 0.637. The van der Waals surface area contributed by atoms with Crippen LogP contribution in [0.1, 0.15) is 12.8 Å². The van der Waals surface area contributed by atoms with E-state index in [9.17, 15) is 21.6 Å². The van der Waals surface area contributed by atoms with Gasteiger partial charge in [0.25, 0.3) is 0 Å². The van der Waals surface area contributed by atoms with Crippen LogP contribution in [0, 0.1) is 5.92 Å². The van der Waals surface area contributed by atoms with Crippen molar-refractivity contribution in [2.24, 2.45) is 5.92 Å². The molecular weight excluding hydrogens is 347 g/mol. The monoisotopic (exact) mass is 357 g/mol. The van der Waals surface area contributed by atoms with E-state index in [1.54, 1.807) is 5.01 Å². The van der Waals surface area contributed by atoms with Gasteiger partial charge in [0.05, 0.1) is 11.4 Å². The van der Waals surface area contributed by atoms with Crippen molar-refractivity contribution in [3.05, 3.63) is 17.2 Å². The van der Waals surface area contributed by atoms with Crippen LogP contribution in [0.15, 0.2) is 12.1 Å². The van der Waals surface area contributed by atoms with Crippen molar-refractivity contribution in [3.63, 3.8) is 0 Å². The number of fused-ring (bicyclic) bond motifs is 1. The molecule has 2 N–H and O–H groups in total. The van der Waals surface area contributed by atoms with Gasteiger partial charge < -0.3 is 9.61 Å². The predicted octanol–water partition coefficient (Wildman–Crippen LogP) is 2.63. The number of nitrogens with one attached hydrogen (secondary N) is 2. The molecule has 22 heavy (non-hydrogen) atoms. The maximum Gasteiger partial charge on any atom is 0.534 e. The number of anilines is 2. The average molecular weight is 358 g/mol. The van der Waals surface area contributed by atoms with Crippen molar-refractivity contribution in [2.45, 2.75) is 18.3 Å². The standard InChI is InChI=1S/C11H11ClF3N3O3S/c12-9-8(21-22(19,20)11(13,14)15)4-3-7-10(9)16-17-18(7)5-6-1-2-6/h3-4,6,16-17H,1-2,5H2. The highest BCUT2D eigenvalue weighted by Crippen LogP contribution is 2.44. The smallest absolute Gasteiger partial charge is 0.374 e. The number of rotatable bonds is 4. The molecule has 0 aromatic heterocycles. The first-order chi connectivity index (χ1) is 10.2. The number of alkyl halides is 3. The molecule has 1 aliphatic heterocycles. The Labute approximate surface area is 129 Å². The minimum atomic E-state index is -5.76. The highest BCUT2D eigenvalue weighted by Gasteiger charge is 2.49. The van der Waals surface area contributed by atoms with Crippen molar-refractivity contribution in [3.8, 4) is 5.75 Å². The van der Waals surface area contributed by atoms with Crippen molar-refractivity contribution < 1.29 is 25.8 Å². The zero-order chi connectivity index (χ0) is 16.1. The van der Waals surface area contributed by atoms with E-state index in [4.69, 9.17) is 11.6 Å². The molecule has 1 heterocycles. The molecule has 6 nitrogen and oxygen atoms in total. The Morgan fingerprint density at radius 1 is 1.36 bits per heavy atom. The van der Waals surface area contributed by atoms with Gasteiger partial charge in [-0.3, -0.25) is 5.01 Å². The lowest BCUT2D eigenvalue weighted by Crippen LogP contribution is -2.37. The lowest BCUT2D eigenvalue weighted by Gasteiger charge is -2.17. The molecule has 2 aliphatic rings. The molecule has 0 spiro atoms. The molecule has 1 fully saturated rings. The van der Waals surface area contributed by atoms with Crippen LogP contribution in [0.3, 0.4) is 0 Å². The first-order valence-corrected chi connectivity index (χ1v) is 8.10. The SMILES string of the molecule is O=S(=O)(Oc1ccc2c(c1Cl)NNN2CC1CC1)C(F)(F)F. The second kappa shape index (κ2) is 5.07. The van der Waals surface area contributed by atoms with Crippen molar-refractivity contribution >= 4 is 33.1 Å². The van der Waals surface area contributed by atoms with Crippen LogP contribution in [-0.4, -0.2) is 20.5 Å². The number of halogens is 4. The maximum atomic E-state index is 12.3. The highest BCUT2D eigenvalue weighted by molar-refractivity contribution is 7.88. The van der Waals surface area contributed by atoms with Gasteiger partial charge in [0, 0.05) is 6.54 Å². The molecule has 122 valence electrons. The van der Waals surface area contributed by atoms with E-state index in [1.807, 2.05) is 0 Å². The minimum Gasteiger partial charge on any atom is -0.374 e. The number of benzene rings is 1. The Balaban J connectivity index is 1.87. The summed E-state index contributed by atoms with van der Waals surface area (Å²) in [6, 6.07) is 2.54. The summed E-state index contributed by atoms with van der Waals surface area (Å²) in [6.45, 7) is 0.720. The summed E-state index contributed by atoms with van der Waals surface area (Å²) >= 11 is 5.94. The van der Waals surface area contributed by atoms with Gasteiger partial charge in [-0.25, -0.2) is 0 Å². The molecule has 0 saturated heterocycles. The molecule has 0 bridgehead atoms. The zero-order valence-corrected chi connectivity index (χ0v) is 12.5. The highest BCUT2D eigenvalue weighted by atomic mass is 35.5. The Bertz CT molecular complexity index is 707. The van der Waals surface area contributed by atoms with E-state index in [0.717, 1.165) is 25.5 Å². The van der Waals surface area contributed by atoms with Crippen LogP contribution in [0.5, 0.6) is 5.75 Å². The predicted molar refractivity (Wildman–Crippen MR) is 73.9 cm³/mol. The third-order valence-corrected chi connectivity index (χ3v) is 4.65. The van der Waals surface area contributed by atoms with Gasteiger partial charge in [-0.2, -0.15) is 21.6 Å². The van der Waals surface area contributed by atoms with Crippen LogP contribution in [0.25, 0.3) is 0 Å². The topological polar surface area (TPSA) is 70.7 Å². The second-order valence-electron chi connectivity index (χ2n) is 5.05. The van der Waals surface area contributed by atoms with Gasteiger partial charge in [-0.1, -0.05) is 11.6 Å². The molecule has 3 rings (SSSR count). The summed E-state index contributed by atoms with van der Waals surface area (Å²) in [5.74, 6) is -0.0270. The summed E-state index contributed by atoms with van der Waals surface area (Å²) in [7, 11) is -5.76. The van der Waals surface area contributed by atoms with Gasteiger partial charge in [0.2, 0.25) is 0 Å². The van der Waals surface area contributed by atoms with Crippen LogP contribution in [-0.2, 0) is 10.1 Å². The normalized spacial score (nSPS) is 18.1. The largest absolute Gasteiger partial charge is 0.534 e. The molecular formula is C11H11ClF3N3O3S. The summed E-state index contributed by atoms with van der Waals surface area (Å²) in [5, 5.41) is 1.53. The summed E-state index contributed by atoms with van der Waals surface area (Å²) in [6.07, 6.45) is 2.23. The minimum absolute atomic E-state index is 0.240. The fraction of sp³-hybridized carbons (Fsp3) is 0.455. The summed E-state index contributed by atoms with van der Waals surface area (Å²) in [4.78, 5) is 0. The van der Waals surface area contributed by atoms with Gasteiger partial charge in [-0.05, 0) is 30.9 Å². The third kappa shape index (κ3) is 2.77. The van der Waals surface area contributed by atoms with Crippen LogP contribution in [0.2, 0.25) is 5.02 Å². The van der Waals surface area contributed by atoms with E-state index < -0.39 is 21.4 Å². The maximum absolute atomic E-state index is 12.3. The lowest BCUT2D eigenvalue weighted by atomic mass is 10.2. The van der Waals surface area contributed by atoms with Crippen molar-refractivity contribution in [1.29, 1.82) is 0 Å². The molecule has 1 aliphatic carbocycles. The first-order valence-electron chi connectivity index (χ1n) is 6.31. The van der Waals surface area contributed by atoms with Gasteiger partial charge in [0.15, 0.2) is 5.75 Å². The molecule has 0 unspecified atom stereocenters. The van der Waals surface area contributed by atoms with E-state index >= 15 is 0 Å². The molecule has 1 aromatic rings. The van der Waals surface area contributed by atoms with Gasteiger partial charge in [-0.15, -0.1) is 5.53 Å². The van der Waals surface area contributed by atoms with Crippen molar-refractivity contribution in [1.82, 2.24) is 5.53 Å². The third-order valence-electron chi connectivity index (χ3n) is 3.31. The number of hydrogen-bond donors (Lipinski definition) is 2. The van der Waals surface area contributed by atoms with Gasteiger partial charge in [0.1, 0.15) is 5.02 Å². The number of hydrazine groups is 2. The number of nitrogens with zero attached hydrogens (tertiary/aromatic N) is 1. The molecule has 0 atom stereocenters. The zero-order valence-electron chi connectivity index (χ0n) is 10.9.